The third-order valence-electron chi connectivity index (χ3n) is 8.43. The highest BCUT2D eigenvalue weighted by atomic mass is 16.7. The predicted molar refractivity (Wildman–Crippen MR) is 171 cm³/mol. The van der Waals surface area contributed by atoms with Crippen LogP contribution in [0.15, 0.2) is 24.3 Å². The van der Waals surface area contributed by atoms with E-state index >= 15 is 0 Å². The summed E-state index contributed by atoms with van der Waals surface area (Å²) in [4.78, 5) is 11.8. The van der Waals surface area contributed by atoms with Crippen LogP contribution in [-0.2, 0) is 23.7 Å². The van der Waals surface area contributed by atoms with Crippen molar-refractivity contribution in [1.82, 2.24) is 5.32 Å². The van der Waals surface area contributed by atoms with Gasteiger partial charge in [-0.2, -0.15) is 0 Å². The Kier molecular flexibility index (Phi) is 20.4. The maximum Gasteiger partial charge on any atom is 0.217 e. The van der Waals surface area contributed by atoms with Crippen LogP contribution in [0, 0.1) is 0 Å². The van der Waals surface area contributed by atoms with Crippen LogP contribution in [0.1, 0.15) is 84.5 Å². The van der Waals surface area contributed by atoms with Crippen molar-refractivity contribution in [1.29, 1.82) is 0 Å². The topological polar surface area (TPSA) is 228 Å². The van der Waals surface area contributed by atoms with Crippen LogP contribution in [0.3, 0.4) is 0 Å². The lowest BCUT2D eigenvalue weighted by Crippen LogP contribution is -2.65. The van der Waals surface area contributed by atoms with Crippen LogP contribution in [0.25, 0.3) is 0 Å². The monoisotopic (exact) mass is 677 g/mol. The van der Waals surface area contributed by atoms with Gasteiger partial charge >= 0.3 is 0 Å². The van der Waals surface area contributed by atoms with Crippen molar-refractivity contribution in [2.45, 2.75) is 158 Å². The fourth-order valence-corrected chi connectivity index (χ4v) is 5.57. The Morgan fingerprint density at radius 1 is 0.745 bits per heavy atom. The van der Waals surface area contributed by atoms with E-state index < -0.39 is 92.7 Å². The summed E-state index contributed by atoms with van der Waals surface area (Å²) in [6, 6.07) is -0.926. The highest BCUT2D eigenvalue weighted by Gasteiger charge is 2.50. The molecule has 47 heavy (non-hydrogen) atoms. The second-order valence-corrected chi connectivity index (χ2v) is 12.4. The molecule has 0 aromatic carbocycles. The first-order valence-electron chi connectivity index (χ1n) is 17.0. The van der Waals surface area contributed by atoms with E-state index in [1.807, 2.05) is 0 Å². The number of amides is 1. The predicted octanol–water partition coefficient (Wildman–Crippen LogP) is -0.0839. The number of nitrogens with one attached hydrogen (secondary N) is 1. The molecular formula is C33H59NO13. The number of aliphatic hydroxyl groups is 8. The summed E-state index contributed by atoms with van der Waals surface area (Å²) in [5, 5.41) is 84.4. The zero-order valence-corrected chi connectivity index (χ0v) is 27.8. The normalized spacial score (nSPS) is 33.0. The minimum Gasteiger partial charge on any atom is -0.394 e. The number of rotatable bonds is 22. The maximum absolute atomic E-state index is 11.8. The minimum absolute atomic E-state index is 0.325. The van der Waals surface area contributed by atoms with Crippen LogP contribution in [0.5, 0.6) is 0 Å². The van der Waals surface area contributed by atoms with E-state index in [0.717, 1.165) is 12.8 Å². The number of unbranched alkanes of at least 4 members (excludes halogenated alkanes) is 9. The second kappa shape index (κ2) is 23.0. The van der Waals surface area contributed by atoms with E-state index in [1.165, 1.54) is 58.3 Å². The van der Waals surface area contributed by atoms with Gasteiger partial charge in [-0.1, -0.05) is 76.2 Å². The number of carbonyl (C=O) groups excluding carboxylic acids is 1. The molecule has 0 saturated carbocycles. The number of carbonyl (C=O) groups is 1. The van der Waals surface area contributed by atoms with Crippen molar-refractivity contribution >= 4 is 5.91 Å². The Morgan fingerprint density at radius 3 is 1.96 bits per heavy atom. The van der Waals surface area contributed by atoms with Gasteiger partial charge in [0.25, 0.3) is 0 Å². The minimum atomic E-state index is -1.78. The highest BCUT2D eigenvalue weighted by Crippen LogP contribution is 2.29. The lowest BCUT2D eigenvalue weighted by atomic mass is 9.97. The Balaban J connectivity index is 1.83. The molecule has 2 aliphatic rings. The lowest BCUT2D eigenvalue weighted by Gasteiger charge is -2.46. The largest absolute Gasteiger partial charge is 0.394 e. The van der Waals surface area contributed by atoms with Gasteiger partial charge in [-0.15, -0.1) is 0 Å². The molecule has 2 aliphatic heterocycles. The van der Waals surface area contributed by atoms with Crippen molar-refractivity contribution in [3.05, 3.63) is 24.3 Å². The molecule has 0 bridgehead atoms. The summed E-state index contributed by atoms with van der Waals surface area (Å²) >= 11 is 0. The van der Waals surface area contributed by atoms with Crippen LogP contribution >= 0.6 is 0 Å². The number of hydrogen-bond acceptors (Lipinski definition) is 13. The molecule has 0 aromatic heterocycles. The molecule has 2 saturated heterocycles. The summed E-state index contributed by atoms with van der Waals surface area (Å²) in [6.45, 7) is 1.75. The Bertz CT molecular complexity index is 904. The van der Waals surface area contributed by atoms with Gasteiger partial charge in [0.05, 0.1) is 32.0 Å². The molecule has 0 aromatic rings. The first kappa shape index (κ1) is 41.6. The molecule has 14 nitrogen and oxygen atoms in total. The zero-order valence-electron chi connectivity index (χ0n) is 27.8. The average molecular weight is 678 g/mol. The molecule has 2 rings (SSSR count). The van der Waals surface area contributed by atoms with Gasteiger partial charge in [-0.25, -0.2) is 0 Å². The molecule has 0 spiro atoms. The van der Waals surface area contributed by atoms with Gasteiger partial charge in [0, 0.05) is 6.92 Å². The van der Waals surface area contributed by atoms with Gasteiger partial charge in [0.2, 0.25) is 5.91 Å². The molecule has 0 aliphatic carbocycles. The summed E-state index contributed by atoms with van der Waals surface area (Å²) in [7, 11) is 0. The summed E-state index contributed by atoms with van der Waals surface area (Å²) in [5.41, 5.74) is 0. The number of hydrogen-bond donors (Lipinski definition) is 9. The molecule has 14 heteroatoms. The standard InChI is InChI=1S/C33H59NO13/c1-3-4-5-6-7-8-9-10-11-12-13-14-15-16-17-23(38)22(34-21(2)37)20-44-32-30(43)28(41)31(25(19-36)46-32)47-33-29(42)27(40)26(39)24(18-35)45-33/h12-13,16-17,22-33,35-36,38-43H,3-11,14-15,18-20H2,1-2H3,(H,34,37)/b13-12+,17-16+. The lowest BCUT2D eigenvalue weighted by molar-refractivity contribution is -0.359. The molecule has 274 valence electrons. The zero-order chi connectivity index (χ0) is 34.8. The SMILES string of the molecule is CCCCCCCCCC/C=C/CC/C=C/C(O)C(COC1OC(CO)C(OC2OC(CO)C(O)C(O)C2O)C(O)C1O)NC(C)=O. The highest BCUT2D eigenvalue weighted by molar-refractivity contribution is 5.73. The Labute approximate surface area is 278 Å². The summed E-state index contributed by atoms with van der Waals surface area (Å²) < 4.78 is 22.1. The number of aliphatic hydroxyl groups excluding tert-OH is 8. The number of allylic oxidation sites excluding steroid dienone is 3. The fraction of sp³-hybridized carbons (Fsp3) is 0.848. The molecule has 2 heterocycles. The molecule has 12 atom stereocenters. The van der Waals surface area contributed by atoms with Gasteiger partial charge in [0.15, 0.2) is 12.6 Å². The van der Waals surface area contributed by atoms with Crippen molar-refractivity contribution in [3.8, 4) is 0 Å². The molecule has 0 radical (unpaired) electrons. The van der Waals surface area contributed by atoms with E-state index in [1.54, 1.807) is 12.2 Å². The Morgan fingerprint density at radius 2 is 1.32 bits per heavy atom. The first-order valence-corrected chi connectivity index (χ1v) is 17.0. The van der Waals surface area contributed by atoms with E-state index in [0.29, 0.717) is 6.42 Å². The van der Waals surface area contributed by atoms with Gasteiger partial charge < -0.3 is 65.1 Å². The molecule has 9 N–H and O–H groups in total. The molecule has 12 unspecified atom stereocenters. The van der Waals surface area contributed by atoms with E-state index in [-0.39, 0.29) is 6.61 Å². The van der Waals surface area contributed by atoms with Gasteiger partial charge in [-0.05, 0) is 25.7 Å². The Hall–Kier alpha value is -1.53. The maximum atomic E-state index is 11.8. The molecular weight excluding hydrogens is 618 g/mol. The van der Waals surface area contributed by atoms with E-state index in [9.17, 15) is 45.6 Å². The fourth-order valence-electron chi connectivity index (χ4n) is 5.57. The molecule has 2 fully saturated rings. The van der Waals surface area contributed by atoms with Crippen molar-refractivity contribution in [2.75, 3.05) is 19.8 Å². The second-order valence-electron chi connectivity index (χ2n) is 12.4. The van der Waals surface area contributed by atoms with E-state index in [4.69, 9.17) is 18.9 Å². The third kappa shape index (κ3) is 14.1. The van der Waals surface area contributed by atoms with Crippen molar-refractivity contribution in [2.24, 2.45) is 0 Å². The van der Waals surface area contributed by atoms with Crippen molar-refractivity contribution < 1.29 is 64.6 Å². The van der Waals surface area contributed by atoms with Gasteiger partial charge in [-0.3, -0.25) is 4.79 Å². The molecule has 1 amide bonds. The quantitative estimate of drug-likeness (QED) is 0.0540. The summed E-state index contributed by atoms with van der Waals surface area (Å²) in [5.74, 6) is -0.429. The van der Waals surface area contributed by atoms with Crippen molar-refractivity contribution in [3.63, 3.8) is 0 Å². The van der Waals surface area contributed by atoms with Crippen LogP contribution in [-0.4, -0.2) is 140 Å². The van der Waals surface area contributed by atoms with Crippen LogP contribution < -0.4 is 5.32 Å². The smallest absolute Gasteiger partial charge is 0.217 e. The third-order valence-corrected chi connectivity index (χ3v) is 8.43. The van der Waals surface area contributed by atoms with Crippen LogP contribution in [0.2, 0.25) is 0 Å². The number of ether oxygens (including phenoxy) is 4. The first-order chi connectivity index (χ1) is 22.5. The van der Waals surface area contributed by atoms with Gasteiger partial charge in [0.1, 0.15) is 48.8 Å². The average Bonchev–Trinajstić information content (AvgIpc) is 3.05. The van der Waals surface area contributed by atoms with Crippen LogP contribution in [0.4, 0.5) is 0 Å². The summed E-state index contributed by atoms with van der Waals surface area (Å²) in [6.07, 6.45) is 3.45. The van der Waals surface area contributed by atoms with E-state index in [2.05, 4.69) is 24.4 Å².